The lowest BCUT2D eigenvalue weighted by Gasteiger charge is -2.38. The van der Waals surface area contributed by atoms with Crippen LogP contribution < -0.4 is 14.8 Å². The highest BCUT2D eigenvalue weighted by molar-refractivity contribution is 6.31. The molecule has 1 aliphatic rings. The summed E-state index contributed by atoms with van der Waals surface area (Å²) in [5.41, 5.74) is 1.43. The largest absolute Gasteiger partial charge is 0.497 e. The van der Waals surface area contributed by atoms with Gasteiger partial charge in [-0.05, 0) is 48.7 Å². The number of ether oxygens (including phenoxy) is 3. The van der Waals surface area contributed by atoms with Gasteiger partial charge in [-0.15, -0.1) is 0 Å². The summed E-state index contributed by atoms with van der Waals surface area (Å²) in [7, 11) is 3.19. The van der Waals surface area contributed by atoms with Crippen LogP contribution >= 0.6 is 11.6 Å². The van der Waals surface area contributed by atoms with Gasteiger partial charge in [-0.25, -0.2) is 0 Å². The van der Waals surface area contributed by atoms with Crippen molar-refractivity contribution in [1.82, 2.24) is 5.32 Å². The van der Waals surface area contributed by atoms with Crippen molar-refractivity contribution in [1.29, 1.82) is 0 Å². The molecule has 1 amide bonds. The maximum absolute atomic E-state index is 12.8. The van der Waals surface area contributed by atoms with Crippen LogP contribution in [0.5, 0.6) is 11.5 Å². The molecule has 5 nitrogen and oxygen atoms in total. The number of hydrogen-bond acceptors (Lipinski definition) is 4. The fraction of sp³-hybridized carbons (Fsp3) is 0.381. The van der Waals surface area contributed by atoms with E-state index in [4.69, 9.17) is 25.8 Å². The molecule has 1 heterocycles. The molecule has 1 N–H and O–H groups in total. The second-order valence-electron chi connectivity index (χ2n) is 6.65. The second kappa shape index (κ2) is 8.63. The van der Waals surface area contributed by atoms with E-state index in [9.17, 15) is 4.79 Å². The highest BCUT2D eigenvalue weighted by Gasteiger charge is 2.35. The first-order valence-corrected chi connectivity index (χ1v) is 9.30. The molecule has 0 unspecified atom stereocenters. The zero-order valence-electron chi connectivity index (χ0n) is 15.6. The lowest BCUT2D eigenvalue weighted by atomic mass is 9.74. The number of amides is 1. The predicted octanol–water partition coefficient (Wildman–Crippen LogP) is 3.84. The first-order chi connectivity index (χ1) is 13.1. The highest BCUT2D eigenvalue weighted by Crippen LogP contribution is 2.35. The third kappa shape index (κ3) is 4.37. The van der Waals surface area contributed by atoms with Crippen molar-refractivity contribution in [3.8, 4) is 11.5 Å². The van der Waals surface area contributed by atoms with Crippen LogP contribution in [0.1, 0.15) is 28.8 Å². The van der Waals surface area contributed by atoms with Crippen LogP contribution in [0, 0.1) is 0 Å². The van der Waals surface area contributed by atoms with E-state index in [1.165, 1.54) is 12.7 Å². The average molecular weight is 390 g/mol. The fourth-order valence-electron chi connectivity index (χ4n) is 3.48. The Morgan fingerprint density at radius 2 is 1.81 bits per heavy atom. The first kappa shape index (κ1) is 19.5. The van der Waals surface area contributed by atoms with Crippen molar-refractivity contribution < 1.29 is 19.0 Å². The van der Waals surface area contributed by atoms with Gasteiger partial charge in [-0.1, -0.05) is 23.7 Å². The van der Waals surface area contributed by atoms with Crippen molar-refractivity contribution in [2.75, 3.05) is 34.0 Å². The molecule has 1 saturated heterocycles. The van der Waals surface area contributed by atoms with Gasteiger partial charge in [-0.3, -0.25) is 4.79 Å². The SMILES string of the molecule is COc1ccc(C2(CNC(=O)c3cc(Cl)ccc3OC)CCOCC2)cc1. The summed E-state index contributed by atoms with van der Waals surface area (Å²) in [5, 5.41) is 3.57. The van der Waals surface area contributed by atoms with Gasteiger partial charge in [0.05, 0.1) is 19.8 Å². The highest BCUT2D eigenvalue weighted by atomic mass is 35.5. The second-order valence-corrected chi connectivity index (χ2v) is 7.08. The Labute approximate surface area is 164 Å². The summed E-state index contributed by atoms with van der Waals surface area (Å²) in [6.07, 6.45) is 1.68. The molecular weight excluding hydrogens is 366 g/mol. The van der Waals surface area contributed by atoms with Gasteiger partial charge < -0.3 is 19.5 Å². The van der Waals surface area contributed by atoms with E-state index in [-0.39, 0.29) is 11.3 Å². The van der Waals surface area contributed by atoms with E-state index in [1.54, 1.807) is 25.3 Å². The Hall–Kier alpha value is -2.24. The van der Waals surface area contributed by atoms with Crippen LogP contribution in [-0.4, -0.2) is 39.9 Å². The minimum Gasteiger partial charge on any atom is -0.497 e. The molecule has 144 valence electrons. The van der Waals surface area contributed by atoms with Gasteiger partial charge in [0.1, 0.15) is 11.5 Å². The van der Waals surface area contributed by atoms with Crippen molar-refractivity contribution in [3.63, 3.8) is 0 Å². The molecular formula is C21H24ClNO4. The van der Waals surface area contributed by atoms with Gasteiger partial charge in [0.2, 0.25) is 0 Å². The van der Waals surface area contributed by atoms with Crippen LogP contribution in [-0.2, 0) is 10.2 Å². The van der Waals surface area contributed by atoms with Gasteiger partial charge in [0.25, 0.3) is 5.91 Å². The molecule has 0 spiro atoms. The van der Waals surface area contributed by atoms with E-state index in [2.05, 4.69) is 17.4 Å². The lowest BCUT2D eigenvalue weighted by Crippen LogP contribution is -2.44. The summed E-state index contributed by atoms with van der Waals surface area (Å²) in [4.78, 5) is 12.8. The van der Waals surface area contributed by atoms with Crippen LogP contribution in [0.3, 0.4) is 0 Å². The summed E-state index contributed by atoms with van der Waals surface area (Å²) in [6, 6.07) is 13.1. The molecule has 6 heteroatoms. The van der Waals surface area contributed by atoms with Gasteiger partial charge in [0, 0.05) is 30.2 Å². The topological polar surface area (TPSA) is 56.8 Å². The molecule has 1 fully saturated rings. The molecule has 0 aromatic heterocycles. The summed E-state index contributed by atoms with van der Waals surface area (Å²) in [5.74, 6) is 1.12. The summed E-state index contributed by atoms with van der Waals surface area (Å²) in [6.45, 7) is 1.85. The third-order valence-corrected chi connectivity index (χ3v) is 5.38. The molecule has 0 atom stereocenters. The molecule has 3 rings (SSSR count). The van der Waals surface area contributed by atoms with Crippen molar-refractivity contribution in [3.05, 3.63) is 58.6 Å². The number of nitrogens with one attached hydrogen (secondary N) is 1. The fourth-order valence-corrected chi connectivity index (χ4v) is 3.65. The number of carbonyl (C=O) groups excluding carboxylic acids is 1. The van der Waals surface area contributed by atoms with E-state index < -0.39 is 0 Å². The monoisotopic (exact) mass is 389 g/mol. The van der Waals surface area contributed by atoms with Gasteiger partial charge in [0.15, 0.2) is 0 Å². The number of benzene rings is 2. The smallest absolute Gasteiger partial charge is 0.255 e. The van der Waals surface area contributed by atoms with Gasteiger partial charge in [-0.2, -0.15) is 0 Å². The molecule has 2 aromatic carbocycles. The summed E-state index contributed by atoms with van der Waals surface area (Å²) >= 11 is 6.05. The van der Waals surface area contributed by atoms with Crippen LogP contribution in [0.4, 0.5) is 0 Å². The van der Waals surface area contributed by atoms with Crippen molar-refractivity contribution >= 4 is 17.5 Å². The Balaban J connectivity index is 1.81. The standard InChI is InChI=1S/C21H24ClNO4/c1-25-17-6-3-15(4-7-17)21(9-11-27-12-10-21)14-23-20(24)18-13-16(22)5-8-19(18)26-2/h3-8,13H,9-12,14H2,1-2H3,(H,23,24). The van der Waals surface area contributed by atoms with E-state index in [0.717, 1.165) is 18.6 Å². The molecule has 2 aromatic rings. The van der Waals surface area contributed by atoms with Crippen molar-refractivity contribution in [2.24, 2.45) is 0 Å². The molecule has 0 aliphatic carbocycles. The van der Waals surface area contributed by atoms with E-state index in [1.807, 2.05) is 12.1 Å². The van der Waals surface area contributed by atoms with Gasteiger partial charge >= 0.3 is 0 Å². The molecule has 0 radical (unpaired) electrons. The number of halogens is 1. The lowest BCUT2D eigenvalue weighted by molar-refractivity contribution is 0.0487. The number of carbonyl (C=O) groups is 1. The van der Waals surface area contributed by atoms with Crippen LogP contribution in [0.2, 0.25) is 5.02 Å². The maximum Gasteiger partial charge on any atom is 0.255 e. The Morgan fingerprint density at radius 1 is 1.11 bits per heavy atom. The Morgan fingerprint density at radius 3 is 2.44 bits per heavy atom. The number of methoxy groups -OCH3 is 2. The van der Waals surface area contributed by atoms with Crippen LogP contribution in [0.25, 0.3) is 0 Å². The third-order valence-electron chi connectivity index (χ3n) is 5.15. The normalized spacial score (nSPS) is 15.8. The van der Waals surface area contributed by atoms with E-state index in [0.29, 0.717) is 36.1 Å². The zero-order valence-corrected chi connectivity index (χ0v) is 16.3. The predicted molar refractivity (Wildman–Crippen MR) is 105 cm³/mol. The Kier molecular flexibility index (Phi) is 6.24. The van der Waals surface area contributed by atoms with Crippen molar-refractivity contribution in [2.45, 2.75) is 18.3 Å². The van der Waals surface area contributed by atoms with Crippen LogP contribution in [0.15, 0.2) is 42.5 Å². The minimum absolute atomic E-state index is 0.175. The number of rotatable bonds is 6. The average Bonchev–Trinajstić information content (AvgIpc) is 2.72. The molecule has 0 bridgehead atoms. The molecule has 27 heavy (non-hydrogen) atoms. The number of hydrogen-bond donors (Lipinski definition) is 1. The van der Waals surface area contributed by atoms with E-state index >= 15 is 0 Å². The molecule has 1 aliphatic heterocycles. The molecule has 0 saturated carbocycles. The Bertz CT molecular complexity index is 785. The minimum atomic E-state index is -0.200. The quantitative estimate of drug-likeness (QED) is 0.815. The zero-order chi connectivity index (χ0) is 19.3. The summed E-state index contributed by atoms with van der Waals surface area (Å²) < 4.78 is 16.1. The first-order valence-electron chi connectivity index (χ1n) is 8.92. The maximum atomic E-state index is 12.8.